The van der Waals surface area contributed by atoms with E-state index in [1.54, 1.807) is 14.2 Å². The first-order valence-corrected chi connectivity index (χ1v) is 19.4. The maximum absolute atomic E-state index is 13.4. The normalized spacial score (nSPS) is 18.6. The molecule has 1 fully saturated rings. The molecule has 1 saturated heterocycles. The molecule has 0 spiro atoms. The summed E-state index contributed by atoms with van der Waals surface area (Å²) in [6, 6.07) is 56.5. The Hall–Kier alpha value is -6.56. The topological polar surface area (TPSA) is 138 Å². The van der Waals surface area contributed by atoms with Crippen molar-refractivity contribution in [3.63, 3.8) is 0 Å². The van der Waals surface area contributed by atoms with Crippen LogP contribution in [0.2, 0.25) is 0 Å². The summed E-state index contributed by atoms with van der Waals surface area (Å²) in [6.45, 7) is 0. The summed E-state index contributed by atoms with van der Waals surface area (Å²) in [5.41, 5.74) is 7.18. The summed E-state index contributed by atoms with van der Waals surface area (Å²) in [7, 11) is 3.23. The molecule has 6 aromatic carbocycles. The zero-order valence-corrected chi connectivity index (χ0v) is 32.6. The lowest BCUT2D eigenvalue weighted by Crippen LogP contribution is -2.57. The van der Waals surface area contributed by atoms with Crippen molar-refractivity contribution in [2.24, 2.45) is 0 Å². The second kappa shape index (κ2) is 16.7. The van der Waals surface area contributed by atoms with Gasteiger partial charge in [-0.15, -0.1) is 0 Å². The van der Waals surface area contributed by atoms with E-state index in [-0.39, 0.29) is 5.82 Å². The van der Waals surface area contributed by atoms with Crippen LogP contribution in [0.15, 0.2) is 187 Å². The van der Waals surface area contributed by atoms with Crippen LogP contribution in [0.25, 0.3) is 0 Å². The molecule has 10 heteroatoms. The van der Waals surface area contributed by atoms with Crippen LogP contribution in [0.1, 0.15) is 39.6 Å². The number of rotatable bonds is 13. The van der Waals surface area contributed by atoms with E-state index in [9.17, 15) is 15.0 Å². The molecule has 1 unspecified atom stereocenters. The Bertz CT molecular complexity index is 2420. The molecule has 298 valence electrons. The standard InChI is InChI=1S/C49H45N3O7/c1-56-39-27-23-35(24-28-39)48(33-15-7-3-8-16-33,34-17-9-4-10-18-34)45(44-42(53)43(54)46(58-44)52-32-31-41(50)51-47(52)55)59-49(36-19-11-5-12-20-36,37-21-13-6-14-22-37)38-25-29-40(57-2)30-26-38/h3-32,42-46,53-54H,1-2H3,(H2,50,51,55)/t42-,43+,44-,45?,46+/m0/s1. The Morgan fingerprint density at radius 1 is 0.593 bits per heavy atom. The molecule has 10 nitrogen and oxygen atoms in total. The Morgan fingerprint density at radius 3 is 1.44 bits per heavy atom. The van der Waals surface area contributed by atoms with Crippen molar-refractivity contribution in [2.75, 3.05) is 20.0 Å². The molecular weight excluding hydrogens is 743 g/mol. The third-order valence-electron chi connectivity index (χ3n) is 11.3. The molecule has 5 atom stereocenters. The molecule has 7 aromatic rings. The molecular formula is C49H45N3O7. The zero-order chi connectivity index (χ0) is 41.0. The molecule has 0 amide bonds. The van der Waals surface area contributed by atoms with Crippen molar-refractivity contribution in [1.29, 1.82) is 0 Å². The van der Waals surface area contributed by atoms with E-state index in [2.05, 4.69) is 4.98 Å². The number of hydrogen-bond acceptors (Lipinski definition) is 9. The second-order valence-electron chi connectivity index (χ2n) is 14.5. The van der Waals surface area contributed by atoms with Gasteiger partial charge in [-0.2, -0.15) is 4.98 Å². The molecule has 1 aliphatic heterocycles. The summed E-state index contributed by atoms with van der Waals surface area (Å²) in [4.78, 5) is 17.3. The van der Waals surface area contributed by atoms with E-state index in [0.717, 1.165) is 37.9 Å². The summed E-state index contributed by atoms with van der Waals surface area (Å²) in [6.07, 6.45) is -5.60. The molecule has 8 rings (SSSR count). The van der Waals surface area contributed by atoms with Gasteiger partial charge >= 0.3 is 5.69 Å². The van der Waals surface area contributed by atoms with Crippen molar-refractivity contribution in [3.8, 4) is 11.5 Å². The molecule has 0 radical (unpaired) electrons. The first kappa shape index (κ1) is 39.3. The fourth-order valence-corrected chi connectivity index (χ4v) is 8.50. The van der Waals surface area contributed by atoms with Crippen molar-refractivity contribution in [1.82, 2.24) is 9.55 Å². The van der Waals surface area contributed by atoms with Gasteiger partial charge in [-0.25, -0.2) is 4.79 Å². The average molecular weight is 788 g/mol. The lowest BCUT2D eigenvalue weighted by Gasteiger charge is -2.49. The summed E-state index contributed by atoms with van der Waals surface area (Å²) >= 11 is 0. The molecule has 0 saturated carbocycles. The third-order valence-corrected chi connectivity index (χ3v) is 11.3. The minimum atomic E-state index is -1.59. The SMILES string of the molecule is COc1ccc(C(OC([C@H]2O[C@@H](n3ccc(N)nc3=O)[C@H](O)[C@@H]2O)C(c2ccccc2)(c2ccccc2)c2ccc(OC)cc2)(c2ccccc2)c2ccccc2)cc1. The predicted octanol–water partition coefficient (Wildman–Crippen LogP) is 6.87. The van der Waals surface area contributed by atoms with Crippen LogP contribution in [-0.2, 0) is 20.5 Å². The number of aromatic nitrogens is 2. The molecule has 1 aliphatic rings. The maximum atomic E-state index is 13.4. The molecule has 0 bridgehead atoms. The molecule has 59 heavy (non-hydrogen) atoms. The monoisotopic (exact) mass is 787 g/mol. The van der Waals surface area contributed by atoms with Gasteiger partial charge in [0.1, 0.15) is 47.3 Å². The minimum Gasteiger partial charge on any atom is -0.497 e. The van der Waals surface area contributed by atoms with E-state index in [1.807, 2.05) is 170 Å². The van der Waals surface area contributed by atoms with Gasteiger partial charge in [-0.3, -0.25) is 4.57 Å². The fourth-order valence-electron chi connectivity index (χ4n) is 8.50. The van der Waals surface area contributed by atoms with Gasteiger partial charge in [0.2, 0.25) is 0 Å². The number of aliphatic hydroxyl groups excluding tert-OH is 2. The van der Waals surface area contributed by atoms with Crippen molar-refractivity contribution in [3.05, 3.63) is 226 Å². The van der Waals surface area contributed by atoms with Gasteiger partial charge in [-0.1, -0.05) is 146 Å². The first-order chi connectivity index (χ1) is 28.8. The van der Waals surface area contributed by atoms with Gasteiger partial charge in [0.05, 0.1) is 19.6 Å². The van der Waals surface area contributed by atoms with E-state index in [4.69, 9.17) is 24.7 Å². The number of nitrogens with two attached hydrogens (primary N) is 1. The van der Waals surface area contributed by atoms with Gasteiger partial charge in [0.25, 0.3) is 0 Å². The highest BCUT2D eigenvalue weighted by Crippen LogP contribution is 2.53. The Labute approximate surface area is 342 Å². The van der Waals surface area contributed by atoms with Gasteiger partial charge < -0.3 is 34.9 Å². The summed E-state index contributed by atoms with van der Waals surface area (Å²) in [5, 5.41) is 24.5. The van der Waals surface area contributed by atoms with Crippen molar-refractivity contribution >= 4 is 5.82 Å². The quantitative estimate of drug-likeness (QED) is 0.107. The lowest BCUT2D eigenvalue weighted by atomic mass is 9.63. The Morgan fingerprint density at radius 2 is 1.00 bits per heavy atom. The van der Waals surface area contributed by atoms with Gasteiger partial charge in [-0.05, 0) is 63.7 Å². The minimum absolute atomic E-state index is 0.0127. The van der Waals surface area contributed by atoms with Gasteiger partial charge in [0.15, 0.2) is 6.23 Å². The molecule has 2 heterocycles. The Balaban J connectivity index is 1.49. The number of anilines is 1. The summed E-state index contributed by atoms with van der Waals surface area (Å²) in [5.74, 6) is 1.31. The van der Waals surface area contributed by atoms with E-state index in [0.29, 0.717) is 11.5 Å². The number of nitrogen functional groups attached to an aromatic ring is 1. The predicted molar refractivity (Wildman–Crippen MR) is 225 cm³/mol. The highest BCUT2D eigenvalue weighted by atomic mass is 16.6. The van der Waals surface area contributed by atoms with Crippen LogP contribution in [-0.4, -0.2) is 58.4 Å². The lowest BCUT2D eigenvalue weighted by molar-refractivity contribution is -0.160. The number of methoxy groups -OCH3 is 2. The van der Waals surface area contributed by atoms with Crippen molar-refractivity contribution in [2.45, 2.75) is 41.7 Å². The highest BCUT2D eigenvalue weighted by molar-refractivity contribution is 5.55. The molecule has 0 aliphatic carbocycles. The fraction of sp³-hybridized carbons (Fsp3) is 0.184. The number of nitrogens with zero attached hydrogens (tertiary/aromatic N) is 2. The molecule has 1 aromatic heterocycles. The largest absolute Gasteiger partial charge is 0.497 e. The van der Waals surface area contributed by atoms with Crippen LogP contribution in [0.5, 0.6) is 11.5 Å². The van der Waals surface area contributed by atoms with E-state index in [1.165, 1.54) is 12.3 Å². The Kier molecular flexibility index (Phi) is 11.1. The number of hydrogen-bond donors (Lipinski definition) is 3. The van der Waals surface area contributed by atoms with Crippen LogP contribution < -0.4 is 20.9 Å². The smallest absolute Gasteiger partial charge is 0.351 e. The second-order valence-corrected chi connectivity index (χ2v) is 14.5. The molecule has 4 N–H and O–H groups in total. The number of ether oxygens (including phenoxy) is 4. The van der Waals surface area contributed by atoms with E-state index >= 15 is 0 Å². The van der Waals surface area contributed by atoms with Crippen LogP contribution in [0, 0.1) is 0 Å². The van der Waals surface area contributed by atoms with Crippen LogP contribution in [0.3, 0.4) is 0 Å². The van der Waals surface area contributed by atoms with Crippen molar-refractivity contribution < 1.29 is 29.2 Å². The summed E-state index contributed by atoms with van der Waals surface area (Å²) < 4.78 is 27.4. The van der Waals surface area contributed by atoms with Crippen LogP contribution >= 0.6 is 0 Å². The highest BCUT2D eigenvalue weighted by Gasteiger charge is 2.59. The zero-order valence-electron chi connectivity index (χ0n) is 32.6. The van der Waals surface area contributed by atoms with Crippen LogP contribution in [0.4, 0.5) is 5.82 Å². The third kappa shape index (κ3) is 7.06. The number of benzene rings is 6. The average Bonchev–Trinajstić information content (AvgIpc) is 3.58. The van der Waals surface area contributed by atoms with Gasteiger partial charge in [0, 0.05) is 6.20 Å². The maximum Gasteiger partial charge on any atom is 0.351 e. The number of aliphatic hydroxyl groups is 2. The first-order valence-electron chi connectivity index (χ1n) is 19.4. The van der Waals surface area contributed by atoms with E-state index < -0.39 is 47.3 Å².